The lowest BCUT2D eigenvalue weighted by Gasteiger charge is -2.01. The zero-order valence-corrected chi connectivity index (χ0v) is 8.69. The highest BCUT2D eigenvalue weighted by molar-refractivity contribution is 6.29. The van der Waals surface area contributed by atoms with Gasteiger partial charge in [0.1, 0.15) is 10.7 Å². The molecule has 0 amide bonds. The van der Waals surface area contributed by atoms with Gasteiger partial charge in [-0.3, -0.25) is 0 Å². The van der Waals surface area contributed by atoms with Crippen LogP contribution in [0.15, 0.2) is 12.3 Å². The highest BCUT2D eigenvalue weighted by Gasteiger charge is 2.14. The van der Waals surface area contributed by atoms with Crippen molar-refractivity contribution >= 4 is 23.2 Å². The molecule has 0 aliphatic carbocycles. The second-order valence-corrected chi connectivity index (χ2v) is 3.41. The van der Waals surface area contributed by atoms with Crippen molar-refractivity contribution < 1.29 is 9.90 Å². The molecule has 0 saturated carbocycles. The molecule has 0 aliphatic heterocycles. The minimum Gasteiger partial charge on any atom is -0.477 e. The molecule has 0 spiro atoms. The van der Waals surface area contributed by atoms with E-state index in [0.717, 1.165) is 5.69 Å². The number of fused-ring (bicyclic) bond motifs is 1. The third kappa shape index (κ3) is 1.55. The maximum atomic E-state index is 10.9. The summed E-state index contributed by atoms with van der Waals surface area (Å²) in [4.78, 5) is 14.8. The summed E-state index contributed by atoms with van der Waals surface area (Å²) in [5, 5.41) is 13.1. The van der Waals surface area contributed by atoms with E-state index in [2.05, 4.69) is 10.1 Å². The van der Waals surface area contributed by atoms with Gasteiger partial charge in [-0.05, 0) is 12.5 Å². The molecule has 6 heteroatoms. The number of rotatable bonds is 2. The second-order valence-electron chi connectivity index (χ2n) is 3.02. The summed E-state index contributed by atoms with van der Waals surface area (Å²) in [5.41, 5.74) is 1.18. The molecule has 0 aliphatic rings. The van der Waals surface area contributed by atoms with Crippen LogP contribution in [0, 0.1) is 0 Å². The summed E-state index contributed by atoms with van der Waals surface area (Å²) in [6, 6.07) is 1.67. The molecule has 0 atom stereocenters. The van der Waals surface area contributed by atoms with Crippen molar-refractivity contribution in [2.45, 2.75) is 13.3 Å². The van der Waals surface area contributed by atoms with E-state index in [9.17, 15) is 4.79 Å². The quantitative estimate of drug-likeness (QED) is 0.789. The van der Waals surface area contributed by atoms with Gasteiger partial charge >= 0.3 is 5.97 Å². The van der Waals surface area contributed by atoms with E-state index < -0.39 is 5.97 Å². The highest BCUT2D eigenvalue weighted by atomic mass is 35.5. The fourth-order valence-corrected chi connectivity index (χ4v) is 1.60. The van der Waals surface area contributed by atoms with E-state index in [1.54, 1.807) is 6.07 Å². The van der Waals surface area contributed by atoms with Gasteiger partial charge in [-0.25, -0.2) is 14.3 Å². The smallest absolute Gasteiger partial charge is 0.341 e. The first-order valence-corrected chi connectivity index (χ1v) is 4.77. The first-order valence-electron chi connectivity index (χ1n) is 4.40. The van der Waals surface area contributed by atoms with Gasteiger partial charge in [-0.1, -0.05) is 18.5 Å². The van der Waals surface area contributed by atoms with Gasteiger partial charge in [0.2, 0.25) is 0 Å². The fourth-order valence-electron chi connectivity index (χ4n) is 1.39. The molecule has 2 heterocycles. The average molecular weight is 226 g/mol. The lowest BCUT2D eigenvalue weighted by Crippen LogP contribution is -2.02. The summed E-state index contributed by atoms with van der Waals surface area (Å²) in [6.45, 7) is 1.94. The van der Waals surface area contributed by atoms with Crippen LogP contribution in [0.25, 0.3) is 5.65 Å². The molecular formula is C9H8ClN3O2. The lowest BCUT2D eigenvalue weighted by molar-refractivity contribution is 0.0699. The number of carboxylic acids is 1. The maximum Gasteiger partial charge on any atom is 0.341 e. The van der Waals surface area contributed by atoms with Gasteiger partial charge in [-0.15, -0.1) is 0 Å². The van der Waals surface area contributed by atoms with Gasteiger partial charge in [0.05, 0.1) is 6.20 Å². The van der Waals surface area contributed by atoms with Crippen LogP contribution in [-0.2, 0) is 6.42 Å². The zero-order valence-electron chi connectivity index (χ0n) is 7.94. The summed E-state index contributed by atoms with van der Waals surface area (Å²) >= 11 is 5.79. The number of aromatic carboxylic acids is 1. The Bertz CT molecular complexity index is 535. The van der Waals surface area contributed by atoms with Gasteiger partial charge in [-0.2, -0.15) is 5.10 Å². The third-order valence-electron chi connectivity index (χ3n) is 2.11. The predicted octanol–water partition coefficient (Wildman–Crippen LogP) is 1.64. The third-order valence-corrected chi connectivity index (χ3v) is 2.30. The lowest BCUT2D eigenvalue weighted by atomic mass is 10.3. The molecule has 0 unspecified atom stereocenters. The number of carbonyl (C=O) groups is 1. The largest absolute Gasteiger partial charge is 0.477 e. The van der Waals surface area contributed by atoms with Crippen molar-refractivity contribution in [2.75, 3.05) is 0 Å². The molecule has 78 valence electrons. The SMILES string of the molecule is CCc1cc(Cl)nc2c(C(=O)O)cnn12. The number of aromatic nitrogens is 3. The fraction of sp³-hybridized carbons (Fsp3) is 0.222. The Kier molecular flexibility index (Phi) is 2.32. The van der Waals surface area contributed by atoms with Crippen molar-refractivity contribution in [2.24, 2.45) is 0 Å². The number of carboxylic acid groups (broad SMARTS) is 1. The van der Waals surface area contributed by atoms with E-state index in [1.165, 1.54) is 10.7 Å². The Balaban J connectivity index is 2.80. The van der Waals surface area contributed by atoms with Crippen LogP contribution < -0.4 is 0 Å². The zero-order chi connectivity index (χ0) is 11.0. The van der Waals surface area contributed by atoms with E-state index in [1.807, 2.05) is 6.92 Å². The molecule has 0 saturated heterocycles. The molecule has 0 aromatic carbocycles. The molecule has 5 nitrogen and oxygen atoms in total. The molecule has 0 bridgehead atoms. The molecule has 15 heavy (non-hydrogen) atoms. The summed E-state index contributed by atoms with van der Waals surface area (Å²) in [7, 11) is 0. The molecule has 0 radical (unpaired) electrons. The second kappa shape index (κ2) is 3.51. The van der Waals surface area contributed by atoms with Gasteiger partial charge in [0.15, 0.2) is 5.65 Å². The van der Waals surface area contributed by atoms with E-state index >= 15 is 0 Å². The van der Waals surface area contributed by atoms with Crippen molar-refractivity contribution in [1.82, 2.24) is 14.6 Å². The monoisotopic (exact) mass is 225 g/mol. The molecule has 2 aromatic rings. The Morgan fingerprint density at radius 1 is 1.67 bits per heavy atom. The number of halogens is 1. The topological polar surface area (TPSA) is 67.5 Å². The standard InChI is InChI=1S/C9H8ClN3O2/c1-2-5-3-7(10)12-8-6(9(14)15)4-11-13(5)8/h3-4H,2H2,1H3,(H,14,15). The van der Waals surface area contributed by atoms with Crippen molar-refractivity contribution in [3.8, 4) is 0 Å². The number of nitrogens with zero attached hydrogens (tertiary/aromatic N) is 3. The summed E-state index contributed by atoms with van der Waals surface area (Å²) in [5.74, 6) is -1.05. The van der Waals surface area contributed by atoms with Crippen molar-refractivity contribution in [3.63, 3.8) is 0 Å². The van der Waals surface area contributed by atoms with Crippen LogP contribution in [0.5, 0.6) is 0 Å². The molecule has 2 aromatic heterocycles. The number of hydrogen-bond acceptors (Lipinski definition) is 3. The Morgan fingerprint density at radius 2 is 2.40 bits per heavy atom. The van der Waals surface area contributed by atoms with Crippen LogP contribution in [0.3, 0.4) is 0 Å². The van der Waals surface area contributed by atoms with E-state index in [0.29, 0.717) is 6.42 Å². The van der Waals surface area contributed by atoms with Crippen LogP contribution in [-0.4, -0.2) is 25.7 Å². The average Bonchev–Trinajstić information content (AvgIpc) is 2.59. The maximum absolute atomic E-state index is 10.9. The van der Waals surface area contributed by atoms with E-state index in [-0.39, 0.29) is 16.4 Å². The normalized spacial score (nSPS) is 10.8. The molecule has 2 rings (SSSR count). The summed E-state index contributed by atoms with van der Waals surface area (Å²) < 4.78 is 1.50. The number of hydrogen-bond donors (Lipinski definition) is 1. The minimum atomic E-state index is -1.05. The van der Waals surface area contributed by atoms with Crippen molar-refractivity contribution in [1.29, 1.82) is 0 Å². The van der Waals surface area contributed by atoms with Crippen molar-refractivity contribution in [3.05, 3.63) is 28.7 Å². The molecular weight excluding hydrogens is 218 g/mol. The summed E-state index contributed by atoms with van der Waals surface area (Å²) in [6.07, 6.45) is 1.99. The van der Waals surface area contributed by atoms with Gasteiger partial charge in [0, 0.05) is 5.69 Å². The van der Waals surface area contributed by atoms with Crippen LogP contribution in [0.4, 0.5) is 0 Å². The predicted molar refractivity (Wildman–Crippen MR) is 54.3 cm³/mol. The Labute approximate surface area is 90.3 Å². The van der Waals surface area contributed by atoms with Crippen LogP contribution in [0.2, 0.25) is 5.15 Å². The first kappa shape index (κ1) is 9.92. The Morgan fingerprint density at radius 3 is 3.00 bits per heavy atom. The highest BCUT2D eigenvalue weighted by Crippen LogP contribution is 2.15. The number of aryl methyl sites for hydroxylation is 1. The van der Waals surface area contributed by atoms with Crippen LogP contribution >= 0.6 is 11.6 Å². The van der Waals surface area contributed by atoms with E-state index in [4.69, 9.17) is 16.7 Å². The molecule has 0 fully saturated rings. The first-order chi connectivity index (χ1) is 7.13. The van der Waals surface area contributed by atoms with Gasteiger partial charge in [0.25, 0.3) is 0 Å². The van der Waals surface area contributed by atoms with Gasteiger partial charge < -0.3 is 5.11 Å². The molecule has 1 N–H and O–H groups in total. The Hall–Kier alpha value is -1.62. The minimum absolute atomic E-state index is 0.0622. The van der Waals surface area contributed by atoms with Crippen LogP contribution in [0.1, 0.15) is 23.0 Å².